The molecule has 1 aromatic carbocycles. The highest BCUT2D eigenvalue weighted by molar-refractivity contribution is 9.10. The lowest BCUT2D eigenvalue weighted by atomic mass is 10.0. The van der Waals surface area contributed by atoms with Gasteiger partial charge in [-0.3, -0.25) is 0 Å². The number of halogens is 1. The first-order chi connectivity index (χ1) is 8.29. The molecule has 0 saturated heterocycles. The summed E-state index contributed by atoms with van der Waals surface area (Å²) < 4.78 is 5.04. The molecule has 2 rings (SSSR count). The number of nitrogens with one attached hydrogen (secondary N) is 1. The highest BCUT2D eigenvalue weighted by Crippen LogP contribution is 2.19. The Hall–Kier alpha value is -0.780. The van der Waals surface area contributed by atoms with Crippen molar-refractivity contribution in [1.29, 1.82) is 0 Å². The lowest BCUT2D eigenvalue weighted by Crippen LogP contribution is -2.23. The van der Waals surface area contributed by atoms with Gasteiger partial charge in [0.2, 0.25) is 0 Å². The third-order valence-electron chi connectivity index (χ3n) is 2.51. The molecule has 1 N–H and O–H groups in total. The van der Waals surface area contributed by atoms with Crippen molar-refractivity contribution in [2.24, 2.45) is 0 Å². The summed E-state index contributed by atoms with van der Waals surface area (Å²) in [4.78, 5) is 0. The molecule has 2 aromatic rings. The van der Waals surface area contributed by atoms with Crippen LogP contribution in [0.1, 0.15) is 24.2 Å². The normalized spacial score (nSPS) is 12.6. The fourth-order valence-electron chi connectivity index (χ4n) is 1.75. The average Bonchev–Trinajstić information content (AvgIpc) is 2.82. The third kappa shape index (κ3) is 3.59. The number of aromatic nitrogens is 2. The van der Waals surface area contributed by atoms with Crippen LogP contribution in [0.3, 0.4) is 0 Å². The first-order valence-corrected chi connectivity index (χ1v) is 7.17. The maximum atomic E-state index is 4.15. The minimum Gasteiger partial charge on any atom is -0.309 e. The molecule has 0 radical (unpaired) electrons. The summed E-state index contributed by atoms with van der Waals surface area (Å²) >= 11 is 4.89. The summed E-state index contributed by atoms with van der Waals surface area (Å²) in [5.74, 6) is 0. The van der Waals surface area contributed by atoms with E-state index in [1.54, 1.807) is 0 Å². The number of nitrogens with zero attached hydrogens (tertiary/aromatic N) is 2. The Morgan fingerprint density at radius 2 is 2.35 bits per heavy atom. The first kappa shape index (κ1) is 12.7. The van der Waals surface area contributed by atoms with Crippen molar-refractivity contribution in [3.8, 4) is 0 Å². The van der Waals surface area contributed by atoms with Gasteiger partial charge in [-0.1, -0.05) is 39.5 Å². The van der Waals surface area contributed by atoms with Gasteiger partial charge >= 0.3 is 0 Å². The van der Waals surface area contributed by atoms with Gasteiger partial charge < -0.3 is 5.32 Å². The van der Waals surface area contributed by atoms with E-state index in [-0.39, 0.29) is 6.04 Å². The molecule has 90 valence electrons. The van der Waals surface area contributed by atoms with Crippen molar-refractivity contribution < 1.29 is 0 Å². The lowest BCUT2D eigenvalue weighted by molar-refractivity contribution is 0.535. The Morgan fingerprint density at radius 3 is 3.00 bits per heavy atom. The van der Waals surface area contributed by atoms with E-state index >= 15 is 0 Å². The summed E-state index contributed by atoms with van der Waals surface area (Å²) in [5, 5.41) is 9.60. The number of hydrogen-bond donors (Lipinski definition) is 1. The molecule has 0 aliphatic carbocycles. The highest BCUT2D eigenvalue weighted by Gasteiger charge is 2.13. The Balaban J connectivity index is 2.13. The zero-order valence-corrected chi connectivity index (χ0v) is 12.0. The number of likely N-dealkylation sites (N-methyl/N-ethyl adjacent to an activating group) is 1. The zero-order valence-electron chi connectivity index (χ0n) is 9.56. The minimum atomic E-state index is 0.244. The molecular formula is C12H14BrN3S. The van der Waals surface area contributed by atoms with Crippen LogP contribution in [0.2, 0.25) is 0 Å². The van der Waals surface area contributed by atoms with Crippen molar-refractivity contribution in [3.63, 3.8) is 0 Å². The Morgan fingerprint density at radius 1 is 1.47 bits per heavy atom. The van der Waals surface area contributed by atoms with Crippen LogP contribution in [0.25, 0.3) is 0 Å². The van der Waals surface area contributed by atoms with Crippen LogP contribution >= 0.6 is 27.5 Å². The Labute approximate surface area is 114 Å². The Kier molecular flexibility index (Phi) is 4.65. The van der Waals surface area contributed by atoms with E-state index < -0.39 is 0 Å². The van der Waals surface area contributed by atoms with Gasteiger partial charge in [0.1, 0.15) is 0 Å². The number of benzene rings is 1. The summed E-state index contributed by atoms with van der Waals surface area (Å²) in [6.45, 7) is 3.03. The zero-order chi connectivity index (χ0) is 12.1. The molecule has 17 heavy (non-hydrogen) atoms. The second kappa shape index (κ2) is 6.23. The van der Waals surface area contributed by atoms with E-state index in [1.165, 1.54) is 17.1 Å². The van der Waals surface area contributed by atoms with E-state index in [0.29, 0.717) is 0 Å². The van der Waals surface area contributed by atoms with Gasteiger partial charge in [-0.2, -0.15) is 0 Å². The van der Waals surface area contributed by atoms with Gasteiger partial charge in [0.25, 0.3) is 0 Å². The molecule has 0 aliphatic rings. The van der Waals surface area contributed by atoms with Crippen molar-refractivity contribution >= 4 is 27.5 Å². The molecule has 0 bridgehead atoms. The summed E-state index contributed by atoms with van der Waals surface area (Å²) in [6.07, 6.45) is 0.929. The summed E-state index contributed by atoms with van der Waals surface area (Å²) in [7, 11) is 0. The largest absolute Gasteiger partial charge is 0.309 e. The first-order valence-electron chi connectivity index (χ1n) is 5.54. The SMILES string of the molecule is CCNC(Cc1cccc(Br)c1)c1csnn1. The molecule has 0 aliphatic heterocycles. The van der Waals surface area contributed by atoms with Crippen LogP contribution in [-0.4, -0.2) is 16.1 Å². The van der Waals surface area contributed by atoms with Crippen LogP contribution in [0.5, 0.6) is 0 Å². The molecule has 1 aromatic heterocycles. The monoisotopic (exact) mass is 311 g/mol. The molecule has 1 atom stereocenters. The Bertz CT molecular complexity index is 459. The fourth-order valence-corrected chi connectivity index (χ4v) is 2.71. The van der Waals surface area contributed by atoms with Crippen LogP contribution in [0, 0.1) is 0 Å². The van der Waals surface area contributed by atoms with Crippen LogP contribution in [0.4, 0.5) is 0 Å². The number of hydrogen-bond acceptors (Lipinski definition) is 4. The standard InChI is InChI=1S/C12H14BrN3S/c1-2-14-11(12-8-17-16-15-12)7-9-4-3-5-10(13)6-9/h3-6,8,11,14H,2,7H2,1H3. The third-order valence-corrected chi connectivity index (χ3v) is 3.53. The van der Waals surface area contributed by atoms with Crippen molar-refractivity contribution in [2.45, 2.75) is 19.4 Å². The van der Waals surface area contributed by atoms with Crippen molar-refractivity contribution in [2.75, 3.05) is 6.54 Å². The van der Waals surface area contributed by atoms with E-state index in [9.17, 15) is 0 Å². The quantitative estimate of drug-likeness (QED) is 0.921. The molecule has 5 heteroatoms. The smallest absolute Gasteiger partial charge is 0.0928 e. The summed E-state index contributed by atoms with van der Waals surface area (Å²) in [6, 6.07) is 8.62. The topological polar surface area (TPSA) is 37.8 Å². The average molecular weight is 312 g/mol. The molecule has 3 nitrogen and oxygen atoms in total. The molecule has 1 heterocycles. The van der Waals surface area contributed by atoms with Gasteiger partial charge in [-0.25, -0.2) is 0 Å². The highest BCUT2D eigenvalue weighted by atomic mass is 79.9. The van der Waals surface area contributed by atoms with E-state index in [2.05, 4.69) is 56.0 Å². The molecule has 0 spiro atoms. The van der Waals surface area contributed by atoms with Gasteiger partial charge in [0.05, 0.1) is 11.7 Å². The molecule has 0 amide bonds. The van der Waals surface area contributed by atoms with Gasteiger partial charge in [-0.15, -0.1) is 5.10 Å². The lowest BCUT2D eigenvalue weighted by Gasteiger charge is -2.15. The van der Waals surface area contributed by atoms with Gasteiger partial charge in [-0.05, 0) is 42.2 Å². The maximum absolute atomic E-state index is 4.15. The van der Waals surface area contributed by atoms with E-state index in [0.717, 1.165) is 23.1 Å². The van der Waals surface area contributed by atoms with Crippen LogP contribution < -0.4 is 5.32 Å². The maximum Gasteiger partial charge on any atom is 0.0928 e. The molecule has 0 saturated carbocycles. The minimum absolute atomic E-state index is 0.244. The fraction of sp³-hybridized carbons (Fsp3) is 0.333. The molecule has 1 unspecified atom stereocenters. The molecule has 0 fully saturated rings. The predicted octanol–water partition coefficient (Wildman–Crippen LogP) is 3.19. The van der Waals surface area contributed by atoms with Crippen molar-refractivity contribution in [1.82, 2.24) is 14.9 Å². The second-order valence-corrected chi connectivity index (χ2v) is 5.30. The van der Waals surface area contributed by atoms with Gasteiger partial charge in [0, 0.05) is 9.85 Å². The molecular weight excluding hydrogens is 298 g/mol. The van der Waals surface area contributed by atoms with Crippen molar-refractivity contribution in [3.05, 3.63) is 45.4 Å². The number of rotatable bonds is 5. The second-order valence-electron chi connectivity index (χ2n) is 3.77. The van der Waals surface area contributed by atoms with E-state index in [4.69, 9.17) is 0 Å². The summed E-state index contributed by atoms with van der Waals surface area (Å²) in [5.41, 5.74) is 2.31. The predicted molar refractivity (Wildman–Crippen MR) is 74.2 cm³/mol. The van der Waals surface area contributed by atoms with Gasteiger partial charge in [0.15, 0.2) is 0 Å². The van der Waals surface area contributed by atoms with Crippen LogP contribution in [0.15, 0.2) is 34.1 Å². The van der Waals surface area contributed by atoms with E-state index in [1.807, 2.05) is 11.4 Å². The van der Waals surface area contributed by atoms with Crippen LogP contribution in [-0.2, 0) is 6.42 Å².